The van der Waals surface area contributed by atoms with Crippen LogP contribution in [0.15, 0.2) is 67.1 Å². The molecule has 0 fully saturated rings. The van der Waals surface area contributed by atoms with Crippen LogP contribution in [0.1, 0.15) is 11.1 Å². The molecule has 124 valence electrons. The average molecular weight is 337 g/mol. The maximum atomic E-state index is 9.84. The SMILES string of the molecule is Cc1cnn2c(B(C#N)Cc3cccnc3)cc(-c3ccccc3)nc12. The Kier molecular flexibility index (Phi) is 4.20. The Morgan fingerprint density at radius 2 is 1.96 bits per heavy atom. The maximum absolute atomic E-state index is 9.84. The van der Waals surface area contributed by atoms with Gasteiger partial charge in [-0.1, -0.05) is 36.4 Å². The van der Waals surface area contributed by atoms with E-state index >= 15 is 0 Å². The standard InChI is InChI=1S/C20H16BN5/c1-15-12-24-26-19(21(14-22)11-16-6-5-9-23-13-16)10-18(25-20(15)26)17-7-3-2-4-8-17/h2-10,12-13H,11H2,1H3. The number of benzene rings is 1. The molecule has 0 N–H and O–H groups in total. The summed E-state index contributed by atoms with van der Waals surface area (Å²) in [5.74, 6) is 2.43. The van der Waals surface area contributed by atoms with E-state index in [0.29, 0.717) is 6.32 Å². The van der Waals surface area contributed by atoms with Crippen LogP contribution in [0.4, 0.5) is 0 Å². The van der Waals surface area contributed by atoms with Crippen molar-refractivity contribution in [2.75, 3.05) is 0 Å². The van der Waals surface area contributed by atoms with Gasteiger partial charge in [-0.05, 0) is 30.9 Å². The molecule has 3 aromatic heterocycles. The molecule has 5 nitrogen and oxygen atoms in total. The molecule has 0 unspecified atom stereocenters. The van der Waals surface area contributed by atoms with Crippen LogP contribution in [0.5, 0.6) is 0 Å². The van der Waals surface area contributed by atoms with Gasteiger partial charge in [-0.2, -0.15) is 5.10 Å². The van der Waals surface area contributed by atoms with Gasteiger partial charge in [-0.3, -0.25) is 4.98 Å². The molecule has 0 saturated heterocycles. The Balaban J connectivity index is 1.86. The van der Waals surface area contributed by atoms with Crippen LogP contribution in [0.3, 0.4) is 0 Å². The molecule has 3 heterocycles. The van der Waals surface area contributed by atoms with Crippen molar-refractivity contribution in [3.05, 3.63) is 78.2 Å². The molecular formula is C20H16BN5. The summed E-state index contributed by atoms with van der Waals surface area (Å²) in [5, 5.41) is 14.3. The quantitative estimate of drug-likeness (QED) is 0.537. The third-order valence-corrected chi connectivity index (χ3v) is 4.42. The van der Waals surface area contributed by atoms with Gasteiger partial charge in [0.2, 0.25) is 0 Å². The molecule has 0 amide bonds. The minimum atomic E-state index is -0.341. The predicted molar refractivity (Wildman–Crippen MR) is 102 cm³/mol. The smallest absolute Gasteiger partial charge is 0.264 e. The first kappa shape index (κ1) is 16.0. The average Bonchev–Trinajstić information content (AvgIpc) is 3.08. The molecule has 0 aliphatic heterocycles. The van der Waals surface area contributed by atoms with E-state index in [1.54, 1.807) is 23.1 Å². The van der Waals surface area contributed by atoms with E-state index in [1.807, 2.05) is 55.5 Å². The number of hydrogen-bond acceptors (Lipinski definition) is 4. The molecule has 26 heavy (non-hydrogen) atoms. The number of nitrogens with zero attached hydrogens (tertiary/aromatic N) is 5. The molecule has 0 radical (unpaired) electrons. The van der Waals surface area contributed by atoms with Crippen molar-refractivity contribution >= 4 is 18.0 Å². The van der Waals surface area contributed by atoms with Crippen LogP contribution >= 0.6 is 0 Å². The van der Waals surface area contributed by atoms with E-state index < -0.39 is 0 Å². The van der Waals surface area contributed by atoms with Crippen molar-refractivity contribution in [1.82, 2.24) is 19.6 Å². The van der Waals surface area contributed by atoms with Gasteiger partial charge >= 0.3 is 6.71 Å². The van der Waals surface area contributed by atoms with E-state index in [4.69, 9.17) is 4.98 Å². The molecule has 0 saturated carbocycles. The van der Waals surface area contributed by atoms with E-state index in [0.717, 1.165) is 33.6 Å². The summed E-state index contributed by atoms with van der Waals surface area (Å²) in [6, 6.07) is 15.9. The fourth-order valence-corrected chi connectivity index (χ4v) is 3.07. The molecular weight excluding hydrogens is 321 g/mol. The Hall–Kier alpha value is -3.46. The van der Waals surface area contributed by atoms with Gasteiger partial charge in [0.25, 0.3) is 0 Å². The number of aromatic nitrogens is 4. The molecule has 0 spiro atoms. The first-order valence-corrected chi connectivity index (χ1v) is 8.45. The van der Waals surface area contributed by atoms with E-state index in [-0.39, 0.29) is 6.71 Å². The van der Waals surface area contributed by atoms with Crippen LogP contribution in [-0.4, -0.2) is 26.3 Å². The van der Waals surface area contributed by atoms with Gasteiger partial charge in [-0.25, -0.2) is 14.8 Å². The third kappa shape index (κ3) is 2.95. The van der Waals surface area contributed by atoms with Crippen molar-refractivity contribution in [1.29, 1.82) is 5.26 Å². The van der Waals surface area contributed by atoms with Gasteiger partial charge in [-0.15, -0.1) is 0 Å². The summed E-state index contributed by atoms with van der Waals surface area (Å²) in [7, 11) is 0. The summed E-state index contributed by atoms with van der Waals surface area (Å²) in [6.07, 6.45) is 5.91. The highest BCUT2D eigenvalue weighted by Crippen LogP contribution is 2.18. The zero-order valence-corrected chi connectivity index (χ0v) is 14.4. The van der Waals surface area contributed by atoms with Gasteiger partial charge in [0.15, 0.2) is 5.65 Å². The third-order valence-electron chi connectivity index (χ3n) is 4.42. The number of hydrogen-bond donors (Lipinski definition) is 0. The first-order valence-electron chi connectivity index (χ1n) is 8.45. The number of nitriles is 1. The van der Waals surface area contributed by atoms with E-state index in [9.17, 15) is 5.26 Å². The van der Waals surface area contributed by atoms with Gasteiger partial charge in [0.1, 0.15) is 0 Å². The lowest BCUT2D eigenvalue weighted by Gasteiger charge is -2.11. The van der Waals surface area contributed by atoms with E-state index in [1.165, 1.54) is 0 Å². The molecule has 0 atom stereocenters. The van der Waals surface area contributed by atoms with Crippen LogP contribution in [-0.2, 0) is 6.32 Å². The monoisotopic (exact) mass is 337 g/mol. The normalized spacial score (nSPS) is 10.6. The van der Waals surface area contributed by atoms with Crippen LogP contribution in [0.2, 0.25) is 0 Å². The molecule has 6 heteroatoms. The Labute approximate surface area is 152 Å². The lowest BCUT2D eigenvalue weighted by molar-refractivity contribution is 0.966. The lowest BCUT2D eigenvalue weighted by atomic mass is 9.45. The first-order chi connectivity index (χ1) is 12.8. The van der Waals surface area contributed by atoms with Gasteiger partial charge < -0.3 is 0 Å². The highest BCUT2D eigenvalue weighted by Gasteiger charge is 2.23. The number of rotatable bonds is 4. The second-order valence-electron chi connectivity index (χ2n) is 6.24. The van der Waals surface area contributed by atoms with Gasteiger partial charge in [0, 0.05) is 35.1 Å². The molecule has 1 aromatic carbocycles. The Morgan fingerprint density at radius 1 is 1.12 bits per heavy atom. The molecule has 0 aliphatic carbocycles. The Bertz CT molecular complexity index is 1080. The zero-order chi connectivity index (χ0) is 17.9. The summed E-state index contributed by atoms with van der Waals surface area (Å²) in [6.45, 7) is 1.64. The van der Waals surface area contributed by atoms with Crippen LogP contribution < -0.4 is 5.59 Å². The van der Waals surface area contributed by atoms with Crippen molar-refractivity contribution < 1.29 is 0 Å². The topological polar surface area (TPSA) is 66.9 Å². The second-order valence-corrected chi connectivity index (χ2v) is 6.24. The molecule has 0 aliphatic rings. The fourth-order valence-electron chi connectivity index (χ4n) is 3.07. The lowest BCUT2D eigenvalue weighted by Crippen LogP contribution is -2.37. The molecule has 4 rings (SSSR count). The minimum Gasteiger partial charge on any atom is -0.264 e. The highest BCUT2D eigenvalue weighted by atomic mass is 15.2. The van der Waals surface area contributed by atoms with Crippen molar-refractivity contribution in [2.45, 2.75) is 13.2 Å². The largest absolute Gasteiger partial charge is 0.326 e. The summed E-state index contributed by atoms with van der Waals surface area (Å²) in [4.78, 5) is 8.92. The summed E-state index contributed by atoms with van der Waals surface area (Å²) in [5.41, 5.74) is 5.51. The van der Waals surface area contributed by atoms with Crippen LogP contribution in [0.25, 0.3) is 16.9 Å². The number of pyridine rings is 1. The summed E-state index contributed by atoms with van der Waals surface area (Å²) < 4.78 is 1.78. The van der Waals surface area contributed by atoms with Crippen molar-refractivity contribution in [3.63, 3.8) is 0 Å². The molecule has 4 aromatic rings. The number of fused-ring (bicyclic) bond motifs is 1. The molecule has 0 bridgehead atoms. The predicted octanol–water partition coefficient (Wildman–Crippen LogP) is 2.65. The van der Waals surface area contributed by atoms with Crippen molar-refractivity contribution in [2.24, 2.45) is 0 Å². The summed E-state index contributed by atoms with van der Waals surface area (Å²) >= 11 is 0. The van der Waals surface area contributed by atoms with Gasteiger partial charge in [0.05, 0.1) is 11.9 Å². The second kappa shape index (κ2) is 6.81. The Morgan fingerprint density at radius 3 is 2.69 bits per heavy atom. The maximum Gasteiger partial charge on any atom is 0.326 e. The van der Waals surface area contributed by atoms with Crippen LogP contribution in [0, 0.1) is 18.2 Å². The zero-order valence-electron chi connectivity index (χ0n) is 14.4. The minimum absolute atomic E-state index is 0.341. The fraction of sp³-hybridized carbons (Fsp3) is 0.100. The number of aryl methyl sites for hydroxylation is 1. The van der Waals surface area contributed by atoms with E-state index in [2.05, 4.69) is 16.1 Å². The van der Waals surface area contributed by atoms with Crippen molar-refractivity contribution in [3.8, 4) is 17.2 Å². The highest BCUT2D eigenvalue weighted by molar-refractivity contribution is 6.79.